The van der Waals surface area contributed by atoms with Gasteiger partial charge in [-0.25, -0.2) is 9.78 Å². The molecule has 0 saturated heterocycles. The Balaban J connectivity index is 1.81. The third kappa shape index (κ3) is 2.47. The Morgan fingerprint density at radius 2 is 1.85 bits per heavy atom. The molecule has 0 unspecified atom stereocenters. The Hall–Kier alpha value is -2.82. The maximum Gasteiger partial charge on any atom is 0.323 e. The number of aryl methyl sites for hydroxylation is 1. The topological polar surface area (TPSA) is 67.2 Å². The third-order valence-corrected chi connectivity index (χ3v) is 2.80. The van der Waals surface area contributed by atoms with Crippen molar-refractivity contribution in [3.05, 3.63) is 54.4 Å². The number of nitrogens with zero attached hydrogens (tertiary/aromatic N) is 1. The summed E-state index contributed by atoms with van der Waals surface area (Å²) in [7, 11) is 0. The van der Waals surface area contributed by atoms with Crippen molar-refractivity contribution < 1.29 is 9.21 Å². The van der Waals surface area contributed by atoms with Gasteiger partial charge in [0.1, 0.15) is 5.52 Å². The highest BCUT2D eigenvalue weighted by atomic mass is 16.3. The molecule has 1 aromatic heterocycles. The predicted molar refractivity (Wildman–Crippen MR) is 77.8 cm³/mol. The Morgan fingerprint density at radius 3 is 2.65 bits per heavy atom. The van der Waals surface area contributed by atoms with Crippen LogP contribution in [-0.4, -0.2) is 11.0 Å². The van der Waals surface area contributed by atoms with Crippen molar-refractivity contribution in [3.63, 3.8) is 0 Å². The zero-order valence-electron chi connectivity index (χ0n) is 10.9. The second-order valence-electron chi connectivity index (χ2n) is 4.33. The Kier molecular flexibility index (Phi) is 3.09. The summed E-state index contributed by atoms with van der Waals surface area (Å²) in [6, 6.07) is 14.4. The highest BCUT2D eigenvalue weighted by molar-refractivity contribution is 6.04. The van der Waals surface area contributed by atoms with E-state index in [1.54, 1.807) is 13.0 Å². The molecule has 0 atom stereocenters. The van der Waals surface area contributed by atoms with Gasteiger partial charge in [0, 0.05) is 12.6 Å². The highest BCUT2D eigenvalue weighted by Gasteiger charge is 2.10. The molecular weight excluding hydrogens is 254 g/mol. The fourth-order valence-electron chi connectivity index (χ4n) is 1.96. The Morgan fingerprint density at radius 1 is 1.05 bits per heavy atom. The van der Waals surface area contributed by atoms with Crippen LogP contribution < -0.4 is 10.6 Å². The molecule has 2 aromatic carbocycles. The van der Waals surface area contributed by atoms with Crippen molar-refractivity contribution in [1.29, 1.82) is 0 Å². The number of nitrogens with one attached hydrogen (secondary N) is 2. The summed E-state index contributed by atoms with van der Waals surface area (Å²) in [6.45, 7) is 1.77. The molecule has 100 valence electrons. The molecule has 3 aromatic rings. The van der Waals surface area contributed by atoms with Gasteiger partial charge in [0.2, 0.25) is 0 Å². The normalized spacial score (nSPS) is 10.4. The first kappa shape index (κ1) is 12.2. The summed E-state index contributed by atoms with van der Waals surface area (Å²) >= 11 is 0. The molecule has 0 spiro atoms. The van der Waals surface area contributed by atoms with Crippen LogP contribution in [0.15, 0.2) is 52.9 Å². The molecule has 3 rings (SSSR count). The second-order valence-corrected chi connectivity index (χ2v) is 4.33. The lowest BCUT2D eigenvalue weighted by atomic mass is 10.3. The zero-order chi connectivity index (χ0) is 13.9. The molecule has 2 amide bonds. The van der Waals surface area contributed by atoms with Gasteiger partial charge < -0.3 is 15.1 Å². The van der Waals surface area contributed by atoms with Crippen molar-refractivity contribution in [2.45, 2.75) is 6.92 Å². The van der Waals surface area contributed by atoms with E-state index in [-0.39, 0.29) is 6.03 Å². The summed E-state index contributed by atoms with van der Waals surface area (Å²) in [5, 5.41) is 5.51. The van der Waals surface area contributed by atoms with Crippen LogP contribution in [0.25, 0.3) is 11.1 Å². The molecule has 0 aliphatic rings. The number of anilines is 2. The number of oxazole rings is 1. The van der Waals surface area contributed by atoms with Crippen LogP contribution in [0, 0.1) is 6.92 Å². The lowest BCUT2D eigenvalue weighted by Crippen LogP contribution is -2.19. The second kappa shape index (κ2) is 5.05. The maximum atomic E-state index is 11.9. The summed E-state index contributed by atoms with van der Waals surface area (Å²) in [5.41, 5.74) is 2.62. The van der Waals surface area contributed by atoms with Crippen molar-refractivity contribution in [3.8, 4) is 0 Å². The van der Waals surface area contributed by atoms with E-state index in [1.165, 1.54) is 0 Å². The van der Waals surface area contributed by atoms with Crippen LogP contribution in [0.4, 0.5) is 16.2 Å². The van der Waals surface area contributed by atoms with Crippen molar-refractivity contribution in [1.82, 2.24) is 4.98 Å². The summed E-state index contributed by atoms with van der Waals surface area (Å²) in [4.78, 5) is 16.2. The average molecular weight is 267 g/mol. The van der Waals surface area contributed by atoms with Gasteiger partial charge in [-0.3, -0.25) is 0 Å². The van der Waals surface area contributed by atoms with E-state index in [2.05, 4.69) is 15.6 Å². The number of carbonyl (C=O) groups is 1. The van der Waals surface area contributed by atoms with E-state index < -0.39 is 0 Å². The molecule has 0 bridgehead atoms. The first-order valence-electron chi connectivity index (χ1n) is 6.21. The van der Waals surface area contributed by atoms with E-state index in [1.807, 2.05) is 42.5 Å². The fourth-order valence-corrected chi connectivity index (χ4v) is 1.96. The van der Waals surface area contributed by atoms with Crippen molar-refractivity contribution in [2.75, 3.05) is 10.6 Å². The third-order valence-electron chi connectivity index (χ3n) is 2.80. The van der Waals surface area contributed by atoms with E-state index >= 15 is 0 Å². The number of carbonyl (C=O) groups excluding carboxylic acids is 1. The lowest BCUT2D eigenvalue weighted by Gasteiger charge is -2.07. The summed E-state index contributed by atoms with van der Waals surface area (Å²) < 4.78 is 5.50. The molecule has 0 saturated carbocycles. The summed E-state index contributed by atoms with van der Waals surface area (Å²) in [5.74, 6) is 0.567. The molecule has 0 radical (unpaired) electrons. The first-order chi connectivity index (χ1) is 9.72. The van der Waals surface area contributed by atoms with Gasteiger partial charge in [0.15, 0.2) is 11.5 Å². The number of para-hydroxylation sites is 2. The van der Waals surface area contributed by atoms with Crippen LogP contribution in [-0.2, 0) is 0 Å². The monoisotopic (exact) mass is 267 g/mol. The summed E-state index contributed by atoms with van der Waals surface area (Å²) in [6.07, 6.45) is 0. The first-order valence-corrected chi connectivity index (χ1v) is 6.21. The number of hydrogen-bond acceptors (Lipinski definition) is 3. The van der Waals surface area contributed by atoms with Crippen LogP contribution in [0.5, 0.6) is 0 Å². The molecule has 0 fully saturated rings. The maximum absolute atomic E-state index is 11.9. The SMILES string of the molecule is Cc1nc2cccc(NC(=O)Nc3ccccc3)c2o1. The standard InChI is InChI=1S/C15H13N3O2/c1-10-16-12-8-5-9-13(14(12)20-10)18-15(19)17-11-6-3-2-4-7-11/h2-9H,1H3,(H2,17,18,19). The Labute approximate surface area is 115 Å². The van der Waals surface area contributed by atoms with Crippen molar-refractivity contribution >= 4 is 28.5 Å². The van der Waals surface area contributed by atoms with E-state index in [4.69, 9.17) is 4.42 Å². The van der Waals surface area contributed by atoms with Gasteiger partial charge in [0.25, 0.3) is 0 Å². The number of amides is 2. The number of fused-ring (bicyclic) bond motifs is 1. The molecule has 5 heteroatoms. The zero-order valence-corrected chi connectivity index (χ0v) is 10.9. The van der Waals surface area contributed by atoms with Gasteiger partial charge in [-0.05, 0) is 24.3 Å². The predicted octanol–water partition coefficient (Wildman–Crippen LogP) is 3.78. The van der Waals surface area contributed by atoms with Gasteiger partial charge >= 0.3 is 6.03 Å². The number of rotatable bonds is 2. The minimum atomic E-state index is -0.322. The van der Waals surface area contributed by atoms with E-state index in [0.717, 1.165) is 11.2 Å². The molecular formula is C15H13N3O2. The molecule has 0 aliphatic carbocycles. The molecule has 1 heterocycles. The van der Waals surface area contributed by atoms with Gasteiger partial charge in [-0.1, -0.05) is 24.3 Å². The smallest absolute Gasteiger partial charge is 0.323 e. The fraction of sp³-hybridized carbons (Fsp3) is 0.0667. The van der Waals surface area contributed by atoms with Crippen LogP contribution in [0.1, 0.15) is 5.89 Å². The van der Waals surface area contributed by atoms with E-state index in [9.17, 15) is 4.79 Å². The number of urea groups is 1. The Bertz CT molecular complexity index is 750. The minimum Gasteiger partial charge on any atom is -0.439 e. The largest absolute Gasteiger partial charge is 0.439 e. The lowest BCUT2D eigenvalue weighted by molar-refractivity contribution is 0.262. The quantitative estimate of drug-likeness (QED) is 0.742. The molecule has 0 aliphatic heterocycles. The number of benzene rings is 2. The highest BCUT2D eigenvalue weighted by Crippen LogP contribution is 2.24. The van der Waals surface area contributed by atoms with Crippen LogP contribution >= 0.6 is 0 Å². The average Bonchev–Trinajstić information content (AvgIpc) is 2.81. The van der Waals surface area contributed by atoms with Gasteiger partial charge in [-0.2, -0.15) is 0 Å². The number of aromatic nitrogens is 1. The number of hydrogen-bond donors (Lipinski definition) is 2. The van der Waals surface area contributed by atoms with E-state index in [0.29, 0.717) is 17.2 Å². The minimum absolute atomic E-state index is 0.322. The molecule has 20 heavy (non-hydrogen) atoms. The van der Waals surface area contributed by atoms with Gasteiger partial charge in [-0.15, -0.1) is 0 Å². The van der Waals surface area contributed by atoms with Crippen LogP contribution in [0.2, 0.25) is 0 Å². The van der Waals surface area contributed by atoms with Gasteiger partial charge in [0.05, 0.1) is 5.69 Å². The molecule has 2 N–H and O–H groups in total. The van der Waals surface area contributed by atoms with Crippen LogP contribution in [0.3, 0.4) is 0 Å². The van der Waals surface area contributed by atoms with Crippen molar-refractivity contribution in [2.24, 2.45) is 0 Å². The molecule has 5 nitrogen and oxygen atoms in total.